The highest BCUT2D eigenvalue weighted by Crippen LogP contribution is 2.67. The van der Waals surface area contributed by atoms with Crippen LogP contribution in [0.4, 0.5) is 0 Å². The first-order chi connectivity index (χ1) is 15.7. The predicted molar refractivity (Wildman–Crippen MR) is 142 cm³/mol. The molecule has 4 aliphatic rings. The summed E-state index contributed by atoms with van der Waals surface area (Å²) in [5, 5.41) is 3.33. The van der Waals surface area contributed by atoms with Crippen LogP contribution in [0.15, 0.2) is 11.8 Å². The minimum Gasteiger partial charge on any atom is -0.330 e. The van der Waals surface area contributed by atoms with Crippen molar-refractivity contribution in [3.63, 3.8) is 0 Å². The first kappa shape index (κ1) is 26.8. The summed E-state index contributed by atoms with van der Waals surface area (Å²) in [4.78, 5) is 12.2. The van der Waals surface area contributed by atoms with Crippen molar-refractivity contribution in [3.05, 3.63) is 11.8 Å². The fourth-order valence-electron chi connectivity index (χ4n) is 8.97. The van der Waals surface area contributed by atoms with E-state index in [9.17, 15) is 4.79 Å². The summed E-state index contributed by atoms with van der Waals surface area (Å²) >= 11 is 0. The predicted octanol–water partition coefficient (Wildman–Crippen LogP) is 8.76. The number of piperidine rings is 1. The van der Waals surface area contributed by atoms with Crippen LogP contribution < -0.4 is 5.32 Å². The Morgan fingerprint density at radius 3 is 2.42 bits per heavy atom. The maximum atomic E-state index is 12.2. The van der Waals surface area contributed by atoms with E-state index in [-0.39, 0.29) is 11.3 Å². The molecule has 1 N–H and O–H groups in total. The summed E-state index contributed by atoms with van der Waals surface area (Å²) in [6, 6.07) is 0. The molecule has 7 unspecified atom stereocenters. The Balaban J connectivity index is 0.00000149. The lowest BCUT2D eigenvalue weighted by molar-refractivity contribution is -0.126. The third-order valence-corrected chi connectivity index (χ3v) is 10.6. The van der Waals surface area contributed by atoms with Crippen molar-refractivity contribution in [2.45, 2.75) is 126 Å². The molecule has 3 fully saturated rings. The largest absolute Gasteiger partial charge is 0.330 e. The molecule has 190 valence electrons. The number of fused-ring (bicyclic) bond motifs is 5. The van der Waals surface area contributed by atoms with E-state index in [0.29, 0.717) is 17.8 Å². The number of allylic oxidation sites excluding steroid dienone is 2. The zero-order valence-corrected chi connectivity index (χ0v) is 23.3. The number of carbonyl (C=O) groups excluding carboxylic acids is 1. The third kappa shape index (κ3) is 4.97. The minimum absolute atomic E-state index is 0.200. The van der Waals surface area contributed by atoms with E-state index in [1.165, 1.54) is 63.5 Å². The molecule has 0 aromatic carbocycles. The molecule has 2 heteroatoms. The molecule has 1 amide bonds. The van der Waals surface area contributed by atoms with E-state index in [2.05, 4.69) is 52.9 Å². The Bertz CT molecular complexity index is 695. The van der Waals surface area contributed by atoms with Gasteiger partial charge in [-0.3, -0.25) is 4.79 Å². The van der Waals surface area contributed by atoms with Crippen LogP contribution in [0.3, 0.4) is 0 Å². The number of nitrogens with one attached hydrogen (secondary N) is 1. The Morgan fingerprint density at radius 2 is 1.76 bits per heavy atom. The van der Waals surface area contributed by atoms with E-state index < -0.39 is 0 Å². The van der Waals surface area contributed by atoms with Gasteiger partial charge in [0.1, 0.15) is 0 Å². The van der Waals surface area contributed by atoms with Crippen molar-refractivity contribution in [3.8, 4) is 0 Å². The molecule has 0 aromatic heterocycles. The summed E-state index contributed by atoms with van der Waals surface area (Å²) in [5.41, 5.74) is 2.03. The van der Waals surface area contributed by atoms with Crippen LogP contribution in [0, 0.1) is 52.3 Å². The molecule has 33 heavy (non-hydrogen) atoms. The summed E-state index contributed by atoms with van der Waals surface area (Å²) in [6.07, 6.45) is 16.8. The van der Waals surface area contributed by atoms with E-state index in [1.807, 2.05) is 13.8 Å². The fraction of sp³-hybridized carbons (Fsp3) is 0.903. The molecule has 0 radical (unpaired) electrons. The van der Waals surface area contributed by atoms with Crippen LogP contribution in [-0.4, -0.2) is 5.91 Å². The molecule has 3 aliphatic carbocycles. The van der Waals surface area contributed by atoms with E-state index >= 15 is 0 Å². The second-order valence-corrected chi connectivity index (χ2v) is 12.8. The van der Waals surface area contributed by atoms with Crippen LogP contribution in [0.1, 0.15) is 126 Å². The van der Waals surface area contributed by atoms with Gasteiger partial charge in [-0.25, -0.2) is 0 Å². The van der Waals surface area contributed by atoms with E-state index in [4.69, 9.17) is 0 Å². The van der Waals surface area contributed by atoms with Crippen molar-refractivity contribution in [2.75, 3.05) is 0 Å². The van der Waals surface area contributed by atoms with Crippen LogP contribution in [-0.2, 0) is 4.79 Å². The SMILES string of the molecule is CC.CCCC1C=C2NC(=O)CC[C@]2(C)C2CCC3(C)C(C(C)CCCC(C)C)CCC3C12. The van der Waals surface area contributed by atoms with Gasteiger partial charge in [-0.2, -0.15) is 0 Å². The van der Waals surface area contributed by atoms with Gasteiger partial charge in [0.2, 0.25) is 5.91 Å². The zero-order chi connectivity index (χ0) is 24.4. The molecule has 0 spiro atoms. The number of hydrogen-bond donors (Lipinski definition) is 1. The molecule has 2 saturated carbocycles. The lowest BCUT2D eigenvalue weighted by Crippen LogP contribution is -2.55. The van der Waals surface area contributed by atoms with Gasteiger partial charge in [0.15, 0.2) is 0 Å². The number of carbonyl (C=O) groups is 1. The quantitative estimate of drug-likeness (QED) is 0.406. The Labute approximate surface area is 206 Å². The molecular weight excluding hydrogens is 402 g/mol. The molecular formula is C31H55NO. The fourth-order valence-corrected chi connectivity index (χ4v) is 8.97. The van der Waals surface area contributed by atoms with Crippen molar-refractivity contribution < 1.29 is 4.79 Å². The van der Waals surface area contributed by atoms with Gasteiger partial charge in [-0.05, 0) is 85.4 Å². The summed E-state index contributed by atoms with van der Waals surface area (Å²) < 4.78 is 0. The van der Waals surface area contributed by atoms with Crippen LogP contribution in [0.2, 0.25) is 0 Å². The summed E-state index contributed by atoms with van der Waals surface area (Å²) in [6.45, 7) is 18.8. The third-order valence-electron chi connectivity index (χ3n) is 10.6. The molecule has 0 aromatic rings. The smallest absolute Gasteiger partial charge is 0.224 e. The Hall–Kier alpha value is -0.790. The second kappa shape index (κ2) is 10.9. The molecule has 1 saturated heterocycles. The topological polar surface area (TPSA) is 29.1 Å². The lowest BCUT2D eigenvalue weighted by atomic mass is 9.46. The van der Waals surface area contributed by atoms with Gasteiger partial charge in [0.05, 0.1) is 0 Å². The number of hydrogen-bond acceptors (Lipinski definition) is 1. The minimum atomic E-state index is 0.200. The first-order valence-corrected chi connectivity index (χ1v) is 14.7. The van der Waals surface area contributed by atoms with Gasteiger partial charge >= 0.3 is 0 Å². The zero-order valence-electron chi connectivity index (χ0n) is 23.3. The first-order valence-electron chi connectivity index (χ1n) is 14.7. The van der Waals surface area contributed by atoms with Crippen LogP contribution in [0.25, 0.3) is 0 Å². The highest BCUT2D eigenvalue weighted by atomic mass is 16.1. The van der Waals surface area contributed by atoms with Crippen LogP contribution >= 0.6 is 0 Å². The summed E-state index contributed by atoms with van der Waals surface area (Å²) in [5.74, 6) is 6.00. The highest BCUT2D eigenvalue weighted by molar-refractivity contribution is 5.79. The maximum absolute atomic E-state index is 12.2. The highest BCUT2D eigenvalue weighted by Gasteiger charge is 2.61. The average molecular weight is 458 g/mol. The van der Waals surface area contributed by atoms with E-state index in [0.717, 1.165) is 41.9 Å². The molecule has 1 aliphatic heterocycles. The maximum Gasteiger partial charge on any atom is 0.224 e. The van der Waals surface area contributed by atoms with Crippen molar-refractivity contribution in [2.24, 2.45) is 52.3 Å². The molecule has 1 heterocycles. The van der Waals surface area contributed by atoms with Gasteiger partial charge in [-0.1, -0.05) is 87.1 Å². The van der Waals surface area contributed by atoms with Crippen molar-refractivity contribution >= 4 is 5.91 Å². The van der Waals surface area contributed by atoms with Gasteiger partial charge in [0, 0.05) is 17.5 Å². The van der Waals surface area contributed by atoms with E-state index in [1.54, 1.807) is 0 Å². The molecule has 4 rings (SSSR count). The van der Waals surface area contributed by atoms with Crippen LogP contribution in [0.5, 0.6) is 0 Å². The Kier molecular flexibility index (Phi) is 8.82. The summed E-state index contributed by atoms with van der Waals surface area (Å²) in [7, 11) is 0. The Morgan fingerprint density at radius 1 is 1.03 bits per heavy atom. The standard InChI is InChI=1S/C29H49NO.C2H6/c1-7-9-21-18-25-29(6,17-15-26(31)30-25)24-14-16-28(5)22(12-13-23(28)27(21)24)20(4)11-8-10-19(2)3;1-2/h18-24,27H,7-17H2,1-6H3,(H,30,31);1-2H3/t20?,21?,22?,23?,24?,27?,28?,29-;/m1./s1. The van der Waals surface area contributed by atoms with Crippen molar-refractivity contribution in [1.29, 1.82) is 0 Å². The second-order valence-electron chi connectivity index (χ2n) is 12.8. The number of amides is 1. The van der Waals surface area contributed by atoms with Gasteiger partial charge in [-0.15, -0.1) is 0 Å². The van der Waals surface area contributed by atoms with Gasteiger partial charge in [0.25, 0.3) is 0 Å². The lowest BCUT2D eigenvalue weighted by Gasteiger charge is -2.60. The molecule has 8 atom stereocenters. The number of rotatable bonds is 7. The molecule has 0 bridgehead atoms. The van der Waals surface area contributed by atoms with Gasteiger partial charge < -0.3 is 5.32 Å². The average Bonchev–Trinajstić information content (AvgIpc) is 3.13. The van der Waals surface area contributed by atoms with Crippen molar-refractivity contribution in [1.82, 2.24) is 5.32 Å². The normalized spacial score (nSPS) is 40.6. The molecule has 2 nitrogen and oxygen atoms in total. The monoisotopic (exact) mass is 457 g/mol.